The van der Waals surface area contributed by atoms with Gasteiger partial charge in [-0.2, -0.15) is 0 Å². The Morgan fingerprint density at radius 1 is 1.29 bits per heavy atom. The Bertz CT molecular complexity index is 393. The lowest BCUT2D eigenvalue weighted by molar-refractivity contribution is 0.126. The van der Waals surface area contributed by atoms with Crippen molar-refractivity contribution in [3.05, 3.63) is 29.6 Å². The van der Waals surface area contributed by atoms with Crippen LogP contribution < -0.4 is 0 Å². The fourth-order valence-corrected chi connectivity index (χ4v) is 2.24. The van der Waals surface area contributed by atoms with E-state index in [4.69, 9.17) is 0 Å². The van der Waals surface area contributed by atoms with Crippen molar-refractivity contribution in [2.75, 3.05) is 13.1 Å². The molecule has 1 heterocycles. The summed E-state index contributed by atoms with van der Waals surface area (Å²) >= 11 is 0. The van der Waals surface area contributed by atoms with Crippen LogP contribution in [0.1, 0.15) is 32.3 Å². The number of para-hydroxylation sites is 1. The number of nitrogens with zero attached hydrogens (tertiary/aromatic N) is 1. The molecule has 1 aliphatic rings. The SMILES string of the molecule is CC1(C)CCN(Cc2cccc(F)c2O)CC1. The molecule has 1 fully saturated rings. The molecule has 1 saturated heterocycles. The van der Waals surface area contributed by atoms with E-state index in [1.54, 1.807) is 12.1 Å². The van der Waals surface area contributed by atoms with E-state index in [-0.39, 0.29) is 5.75 Å². The van der Waals surface area contributed by atoms with Crippen LogP contribution in [0.2, 0.25) is 0 Å². The van der Waals surface area contributed by atoms with Crippen LogP contribution in [0.3, 0.4) is 0 Å². The summed E-state index contributed by atoms with van der Waals surface area (Å²) in [5.74, 6) is -0.725. The van der Waals surface area contributed by atoms with E-state index < -0.39 is 5.82 Å². The Balaban J connectivity index is 2.00. The lowest BCUT2D eigenvalue weighted by Crippen LogP contribution is -2.36. The monoisotopic (exact) mass is 237 g/mol. The van der Waals surface area contributed by atoms with E-state index in [1.165, 1.54) is 6.07 Å². The number of likely N-dealkylation sites (tertiary alicyclic amines) is 1. The number of halogens is 1. The Kier molecular flexibility index (Phi) is 3.38. The number of phenolic OH excluding ortho intramolecular Hbond substituents is 1. The van der Waals surface area contributed by atoms with Crippen LogP contribution in [-0.4, -0.2) is 23.1 Å². The zero-order valence-corrected chi connectivity index (χ0v) is 10.5. The molecule has 1 aliphatic heterocycles. The summed E-state index contributed by atoms with van der Waals surface area (Å²) in [5.41, 5.74) is 1.10. The topological polar surface area (TPSA) is 23.5 Å². The van der Waals surface area contributed by atoms with Crippen LogP contribution in [0.5, 0.6) is 5.75 Å². The van der Waals surface area contributed by atoms with Crippen molar-refractivity contribution < 1.29 is 9.50 Å². The van der Waals surface area contributed by atoms with Crippen molar-refractivity contribution in [1.29, 1.82) is 0 Å². The highest BCUT2D eigenvalue weighted by atomic mass is 19.1. The average molecular weight is 237 g/mol. The van der Waals surface area contributed by atoms with Crippen LogP contribution >= 0.6 is 0 Å². The first-order valence-electron chi connectivity index (χ1n) is 6.17. The zero-order valence-electron chi connectivity index (χ0n) is 10.5. The highest BCUT2D eigenvalue weighted by molar-refractivity contribution is 5.33. The second kappa shape index (κ2) is 4.65. The smallest absolute Gasteiger partial charge is 0.165 e. The minimum atomic E-state index is -0.528. The van der Waals surface area contributed by atoms with Gasteiger partial charge in [0.25, 0.3) is 0 Å². The van der Waals surface area contributed by atoms with Gasteiger partial charge in [-0.3, -0.25) is 4.90 Å². The van der Waals surface area contributed by atoms with Gasteiger partial charge in [-0.15, -0.1) is 0 Å². The van der Waals surface area contributed by atoms with E-state index in [1.807, 2.05) is 0 Å². The maximum Gasteiger partial charge on any atom is 0.165 e. The second-order valence-electron chi connectivity index (χ2n) is 5.69. The molecule has 0 aromatic heterocycles. The van der Waals surface area contributed by atoms with E-state index in [2.05, 4.69) is 18.7 Å². The molecule has 17 heavy (non-hydrogen) atoms. The van der Waals surface area contributed by atoms with Gasteiger partial charge in [0.05, 0.1) is 0 Å². The fourth-order valence-electron chi connectivity index (χ4n) is 2.24. The predicted molar refractivity (Wildman–Crippen MR) is 66.4 cm³/mol. The molecule has 1 aromatic rings. The first-order chi connectivity index (χ1) is 7.98. The summed E-state index contributed by atoms with van der Waals surface area (Å²) in [6.45, 7) is 7.24. The molecule has 0 amide bonds. The van der Waals surface area contributed by atoms with Gasteiger partial charge in [0, 0.05) is 12.1 Å². The molecule has 0 atom stereocenters. The molecular weight excluding hydrogens is 217 g/mol. The molecule has 3 heteroatoms. The second-order valence-corrected chi connectivity index (χ2v) is 5.69. The normalized spacial score (nSPS) is 20.4. The van der Waals surface area contributed by atoms with E-state index in [0.29, 0.717) is 17.5 Å². The molecule has 0 bridgehead atoms. The van der Waals surface area contributed by atoms with Crippen LogP contribution in [0, 0.1) is 11.2 Å². The molecule has 2 rings (SSSR count). The van der Waals surface area contributed by atoms with Gasteiger partial charge in [-0.25, -0.2) is 4.39 Å². The van der Waals surface area contributed by atoms with Crippen LogP contribution in [-0.2, 0) is 6.54 Å². The minimum absolute atomic E-state index is 0.197. The third-order valence-corrected chi connectivity index (χ3v) is 3.67. The quantitative estimate of drug-likeness (QED) is 0.854. The van der Waals surface area contributed by atoms with Gasteiger partial charge < -0.3 is 5.11 Å². The molecular formula is C14H20FNO. The van der Waals surface area contributed by atoms with Crippen molar-refractivity contribution >= 4 is 0 Å². The molecule has 1 aromatic carbocycles. The Hall–Kier alpha value is -1.09. The summed E-state index contributed by atoms with van der Waals surface area (Å²) in [4.78, 5) is 2.28. The van der Waals surface area contributed by atoms with Crippen molar-refractivity contribution in [1.82, 2.24) is 4.90 Å². The number of piperidine rings is 1. The average Bonchev–Trinajstić information content (AvgIpc) is 2.27. The zero-order chi connectivity index (χ0) is 12.5. The van der Waals surface area contributed by atoms with Gasteiger partial charge in [0.15, 0.2) is 11.6 Å². The van der Waals surface area contributed by atoms with Gasteiger partial charge in [0.1, 0.15) is 0 Å². The number of benzene rings is 1. The van der Waals surface area contributed by atoms with E-state index in [0.717, 1.165) is 25.9 Å². The number of phenols is 1. The largest absolute Gasteiger partial charge is 0.505 e. The molecule has 0 saturated carbocycles. The lowest BCUT2D eigenvalue weighted by Gasteiger charge is -2.37. The number of rotatable bonds is 2. The number of hydrogen-bond donors (Lipinski definition) is 1. The predicted octanol–water partition coefficient (Wildman–Crippen LogP) is 3.15. The van der Waals surface area contributed by atoms with E-state index in [9.17, 15) is 9.50 Å². The van der Waals surface area contributed by atoms with Crippen molar-refractivity contribution in [3.63, 3.8) is 0 Å². The Labute approximate surface area is 102 Å². The third kappa shape index (κ3) is 2.97. The first kappa shape index (κ1) is 12.4. The van der Waals surface area contributed by atoms with Crippen LogP contribution in [0.4, 0.5) is 4.39 Å². The van der Waals surface area contributed by atoms with Crippen LogP contribution in [0.15, 0.2) is 18.2 Å². The molecule has 0 unspecified atom stereocenters. The van der Waals surface area contributed by atoms with Crippen molar-refractivity contribution in [2.45, 2.75) is 33.2 Å². The molecule has 0 spiro atoms. The maximum atomic E-state index is 13.2. The van der Waals surface area contributed by atoms with Gasteiger partial charge in [-0.05, 0) is 37.4 Å². The Morgan fingerprint density at radius 3 is 2.59 bits per heavy atom. The third-order valence-electron chi connectivity index (χ3n) is 3.67. The standard InChI is InChI=1S/C14H20FNO/c1-14(2)6-8-16(9-7-14)10-11-4-3-5-12(15)13(11)17/h3-5,17H,6-10H2,1-2H3. The number of hydrogen-bond acceptors (Lipinski definition) is 2. The maximum absolute atomic E-state index is 13.2. The highest BCUT2D eigenvalue weighted by Gasteiger charge is 2.25. The van der Waals surface area contributed by atoms with Crippen molar-refractivity contribution in [3.8, 4) is 5.75 Å². The summed E-state index contributed by atoms with van der Waals surface area (Å²) in [6, 6.07) is 4.73. The highest BCUT2D eigenvalue weighted by Crippen LogP contribution is 2.31. The minimum Gasteiger partial charge on any atom is -0.505 e. The first-order valence-corrected chi connectivity index (χ1v) is 6.17. The Morgan fingerprint density at radius 2 is 1.94 bits per heavy atom. The number of aromatic hydroxyl groups is 1. The molecule has 1 N–H and O–H groups in total. The van der Waals surface area contributed by atoms with E-state index >= 15 is 0 Å². The van der Waals surface area contributed by atoms with Gasteiger partial charge in [0.2, 0.25) is 0 Å². The summed E-state index contributed by atoms with van der Waals surface area (Å²) in [5, 5.41) is 9.63. The molecule has 2 nitrogen and oxygen atoms in total. The summed E-state index contributed by atoms with van der Waals surface area (Å²) < 4.78 is 13.2. The summed E-state index contributed by atoms with van der Waals surface area (Å²) in [7, 11) is 0. The molecule has 0 radical (unpaired) electrons. The lowest BCUT2D eigenvalue weighted by atomic mass is 9.82. The molecule has 94 valence electrons. The van der Waals surface area contributed by atoms with Gasteiger partial charge >= 0.3 is 0 Å². The van der Waals surface area contributed by atoms with Crippen molar-refractivity contribution in [2.24, 2.45) is 5.41 Å². The van der Waals surface area contributed by atoms with Crippen LogP contribution in [0.25, 0.3) is 0 Å². The van der Waals surface area contributed by atoms with Gasteiger partial charge in [-0.1, -0.05) is 26.0 Å². The summed E-state index contributed by atoms with van der Waals surface area (Å²) in [6.07, 6.45) is 2.31. The fraction of sp³-hybridized carbons (Fsp3) is 0.571. The molecule has 0 aliphatic carbocycles.